The van der Waals surface area contributed by atoms with Crippen molar-refractivity contribution in [1.82, 2.24) is 14.8 Å². The number of aryl methyl sites for hydroxylation is 1. The van der Waals surface area contributed by atoms with Crippen LogP contribution in [-0.2, 0) is 4.79 Å². The van der Waals surface area contributed by atoms with E-state index in [0.717, 1.165) is 41.0 Å². The molecule has 1 aliphatic heterocycles. The van der Waals surface area contributed by atoms with Crippen molar-refractivity contribution in [3.63, 3.8) is 0 Å². The fraction of sp³-hybridized carbons (Fsp3) is 0.261. The van der Waals surface area contributed by atoms with Gasteiger partial charge in [0.25, 0.3) is 0 Å². The van der Waals surface area contributed by atoms with Gasteiger partial charge in [-0.25, -0.2) is 4.68 Å². The SMILES string of the molecule is COc1ccc(-c2nc3n(n2)C(c2ccc(C)cc2)C2=C(CCCC2=O)N3)cc1. The summed E-state index contributed by atoms with van der Waals surface area (Å²) in [6.07, 6.45) is 2.30. The standard InChI is InChI=1S/C23H22N4O2/c1-14-6-8-15(9-7-14)21-20-18(4-3-5-19(20)28)24-23-25-22(26-27(21)23)16-10-12-17(29-2)13-11-16/h6-13,21H,3-5H2,1-2H3,(H,24,25,26). The van der Waals surface area contributed by atoms with Crippen LogP contribution < -0.4 is 10.1 Å². The molecule has 1 N–H and O–H groups in total. The predicted molar refractivity (Wildman–Crippen MR) is 111 cm³/mol. The molecule has 1 aliphatic carbocycles. The van der Waals surface area contributed by atoms with Gasteiger partial charge in [0.1, 0.15) is 11.8 Å². The molecule has 0 saturated carbocycles. The smallest absolute Gasteiger partial charge is 0.226 e. The Labute approximate surface area is 169 Å². The number of fused-ring (bicyclic) bond motifs is 1. The Morgan fingerprint density at radius 1 is 1.07 bits per heavy atom. The lowest BCUT2D eigenvalue weighted by Gasteiger charge is -2.32. The average molecular weight is 386 g/mol. The van der Waals surface area contributed by atoms with Crippen LogP contribution >= 0.6 is 0 Å². The van der Waals surface area contributed by atoms with Crippen molar-refractivity contribution < 1.29 is 9.53 Å². The molecule has 3 aromatic rings. The summed E-state index contributed by atoms with van der Waals surface area (Å²) in [4.78, 5) is 17.6. The summed E-state index contributed by atoms with van der Waals surface area (Å²) in [5, 5.41) is 8.17. The first-order chi connectivity index (χ1) is 14.1. The average Bonchev–Trinajstić information content (AvgIpc) is 3.17. The number of ether oxygens (including phenoxy) is 1. The molecular weight excluding hydrogens is 364 g/mol. The van der Waals surface area contributed by atoms with Crippen LogP contribution in [0.2, 0.25) is 0 Å². The number of methoxy groups -OCH3 is 1. The minimum absolute atomic E-state index is 0.191. The Morgan fingerprint density at radius 2 is 1.83 bits per heavy atom. The van der Waals surface area contributed by atoms with Gasteiger partial charge in [-0.2, -0.15) is 4.98 Å². The first-order valence-corrected chi connectivity index (χ1v) is 9.85. The van der Waals surface area contributed by atoms with E-state index in [9.17, 15) is 4.79 Å². The molecule has 6 nitrogen and oxygen atoms in total. The number of nitrogens with one attached hydrogen (secondary N) is 1. The summed E-state index contributed by atoms with van der Waals surface area (Å²) in [5.74, 6) is 2.28. The molecule has 0 radical (unpaired) electrons. The van der Waals surface area contributed by atoms with Gasteiger partial charge in [-0.1, -0.05) is 29.8 Å². The van der Waals surface area contributed by atoms with Gasteiger partial charge in [-0.15, -0.1) is 5.10 Å². The van der Waals surface area contributed by atoms with Crippen molar-refractivity contribution in [2.24, 2.45) is 0 Å². The first-order valence-electron chi connectivity index (χ1n) is 9.85. The van der Waals surface area contributed by atoms with E-state index in [4.69, 9.17) is 14.8 Å². The van der Waals surface area contributed by atoms with Crippen LogP contribution in [-0.4, -0.2) is 27.7 Å². The maximum absolute atomic E-state index is 12.9. The zero-order chi connectivity index (χ0) is 20.0. The van der Waals surface area contributed by atoms with E-state index in [2.05, 4.69) is 36.5 Å². The van der Waals surface area contributed by atoms with Gasteiger partial charge in [0.05, 0.1) is 7.11 Å². The third-order valence-electron chi connectivity index (χ3n) is 5.61. The summed E-state index contributed by atoms with van der Waals surface area (Å²) in [6.45, 7) is 2.06. The van der Waals surface area contributed by atoms with Gasteiger partial charge in [0.15, 0.2) is 11.6 Å². The Morgan fingerprint density at radius 3 is 2.55 bits per heavy atom. The Kier molecular flexibility index (Phi) is 4.19. The summed E-state index contributed by atoms with van der Waals surface area (Å²) >= 11 is 0. The molecule has 0 spiro atoms. The molecule has 2 aliphatic rings. The minimum atomic E-state index is -0.255. The molecule has 6 heteroatoms. The van der Waals surface area contributed by atoms with E-state index < -0.39 is 0 Å². The molecule has 1 atom stereocenters. The van der Waals surface area contributed by atoms with Crippen molar-refractivity contribution in [3.8, 4) is 17.1 Å². The van der Waals surface area contributed by atoms with Gasteiger partial charge >= 0.3 is 0 Å². The highest BCUT2D eigenvalue weighted by Gasteiger charge is 2.36. The molecule has 0 fully saturated rings. The predicted octanol–water partition coefficient (Wildman–Crippen LogP) is 4.28. The second-order valence-corrected chi connectivity index (χ2v) is 7.54. The zero-order valence-corrected chi connectivity index (χ0v) is 16.5. The second kappa shape index (κ2) is 6.88. The largest absolute Gasteiger partial charge is 0.497 e. The van der Waals surface area contributed by atoms with Crippen molar-refractivity contribution >= 4 is 11.7 Å². The highest BCUT2D eigenvalue weighted by atomic mass is 16.5. The number of nitrogens with zero attached hydrogens (tertiary/aromatic N) is 3. The van der Waals surface area contributed by atoms with Crippen LogP contribution in [0.4, 0.5) is 5.95 Å². The third kappa shape index (κ3) is 3.01. The van der Waals surface area contributed by atoms with Gasteiger partial charge in [-0.05, 0) is 49.6 Å². The van der Waals surface area contributed by atoms with Crippen LogP contribution in [0.5, 0.6) is 5.75 Å². The molecule has 1 aromatic heterocycles. The molecule has 5 rings (SSSR count). The number of anilines is 1. The molecule has 29 heavy (non-hydrogen) atoms. The number of allylic oxidation sites excluding steroid dienone is 2. The molecule has 0 bridgehead atoms. The van der Waals surface area contributed by atoms with E-state index in [1.165, 1.54) is 5.56 Å². The molecule has 0 amide bonds. The van der Waals surface area contributed by atoms with Crippen LogP contribution in [0, 0.1) is 6.92 Å². The van der Waals surface area contributed by atoms with E-state index >= 15 is 0 Å². The van der Waals surface area contributed by atoms with Crippen molar-refractivity contribution in [3.05, 3.63) is 70.9 Å². The van der Waals surface area contributed by atoms with Crippen molar-refractivity contribution in [2.75, 3.05) is 12.4 Å². The maximum atomic E-state index is 12.9. The maximum Gasteiger partial charge on any atom is 0.226 e. The van der Waals surface area contributed by atoms with Crippen LogP contribution in [0.25, 0.3) is 11.4 Å². The van der Waals surface area contributed by atoms with Crippen LogP contribution in [0.3, 0.4) is 0 Å². The summed E-state index contributed by atoms with van der Waals surface area (Å²) < 4.78 is 7.10. The van der Waals surface area contributed by atoms with E-state index in [0.29, 0.717) is 18.2 Å². The van der Waals surface area contributed by atoms with Crippen LogP contribution in [0.1, 0.15) is 36.4 Å². The summed E-state index contributed by atoms with van der Waals surface area (Å²) in [5.41, 5.74) is 4.94. The normalized spacial score (nSPS) is 18.1. The molecule has 2 heterocycles. The highest BCUT2D eigenvalue weighted by Crippen LogP contribution is 2.40. The second-order valence-electron chi connectivity index (χ2n) is 7.54. The van der Waals surface area contributed by atoms with Crippen molar-refractivity contribution in [2.45, 2.75) is 32.2 Å². The Bertz CT molecular complexity index is 1110. The topological polar surface area (TPSA) is 69.0 Å². The lowest BCUT2D eigenvalue weighted by Crippen LogP contribution is -2.31. The Hall–Kier alpha value is -3.41. The fourth-order valence-corrected chi connectivity index (χ4v) is 4.08. The van der Waals surface area contributed by atoms with E-state index in [1.54, 1.807) is 7.11 Å². The highest BCUT2D eigenvalue weighted by molar-refractivity contribution is 5.99. The van der Waals surface area contributed by atoms with Gasteiger partial charge in [-0.3, -0.25) is 4.79 Å². The number of carbonyl (C=O) groups is 1. The van der Waals surface area contributed by atoms with Gasteiger partial charge < -0.3 is 10.1 Å². The van der Waals surface area contributed by atoms with Crippen LogP contribution in [0.15, 0.2) is 59.8 Å². The number of Topliss-reactive ketones (excluding diaryl/α,β-unsaturated/α-hetero) is 1. The first kappa shape index (κ1) is 17.7. The molecule has 1 unspecified atom stereocenters. The molecule has 146 valence electrons. The number of benzene rings is 2. The zero-order valence-electron chi connectivity index (χ0n) is 16.5. The number of hydrogen-bond donors (Lipinski definition) is 1. The summed E-state index contributed by atoms with van der Waals surface area (Å²) in [6, 6.07) is 15.7. The number of hydrogen-bond acceptors (Lipinski definition) is 5. The summed E-state index contributed by atoms with van der Waals surface area (Å²) in [7, 11) is 1.64. The molecular formula is C23H22N4O2. The number of aromatic nitrogens is 3. The fourth-order valence-electron chi connectivity index (χ4n) is 4.08. The van der Waals surface area contributed by atoms with E-state index in [1.807, 2.05) is 28.9 Å². The lowest BCUT2D eigenvalue weighted by molar-refractivity contribution is -0.116. The number of rotatable bonds is 3. The van der Waals surface area contributed by atoms with Gasteiger partial charge in [0.2, 0.25) is 5.95 Å². The Balaban J connectivity index is 1.63. The number of ketones is 1. The lowest BCUT2D eigenvalue weighted by atomic mass is 9.85. The molecule has 0 saturated heterocycles. The monoisotopic (exact) mass is 386 g/mol. The van der Waals surface area contributed by atoms with Crippen molar-refractivity contribution in [1.29, 1.82) is 0 Å². The number of carbonyl (C=O) groups excluding carboxylic acids is 1. The molecule has 2 aromatic carbocycles. The quantitative estimate of drug-likeness (QED) is 0.727. The third-order valence-corrected chi connectivity index (χ3v) is 5.61. The van der Waals surface area contributed by atoms with E-state index in [-0.39, 0.29) is 11.8 Å². The van der Waals surface area contributed by atoms with Gasteiger partial charge in [0, 0.05) is 23.3 Å². The minimum Gasteiger partial charge on any atom is -0.497 e.